The van der Waals surface area contributed by atoms with Crippen LogP contribution in [0.5, 0.6) is 0 Å². The van der Waals surface area contributed by atoms with Crippen LogP contribution in [-0.2, 0) is 7.05 Å². The van der Waals surface area contributed by atoms with E-state index >= 15 is 0 Å². The van der Waals surface area contributed by atoms with Crippen molar-refractivity contribution < 1.29 is 8.78 Å². The average molecular weight is 334 g/mol. The fourth-order valence-corrected chi connectivity index (χ4v) is 3.83. The molecule has 8 heteroatoms. The van der Waals surface area contributed by atoms with Crippen LogP contribution >= 0.6 is 0 Å². The molecule has 2 aromatic heterocycles. The number of anilines is 2. The number of hydrogen-bond acceptors (Lipinski definition) is 5. The Labute approximate surface area is 138 Å². The quantitative estimate of drug-likeness (QED) is 0.913. The SMILES string of the molecule is Cn1nc(-c2ccc(N3CCC4(CC3)CC(F)(F)C4)nc2)nc1N. The number of nitrogens with two attached hydrogens (primary N) is 1. The Morgan fingerprint density at radius 2 is 1.88 bits per heavy atom. The summed E-state index contributed by atoms with van der Waals surface area (Å²) in [5.74, 6) is -0.681. The van der Waals surface area contributed by atoms with Gasteiger partial charge in [-0.05, 0) is 30.4 Å². The highest BCUT2D eigenvalue weighted by Gasteiger charge is 2.56. The second-order valence-electron chi connectivity index (χ2n) is 7.02. The molecule has 0 bridgehead atoms. The van der Waals surface area contributed by atoms with Crippen molar-refractivity contribution in [2.45, 2.75) is 31.6 Å². The molecule has 1 saturated heterocycles. The fourth-order valence-electron chi connectivity index (χ4n) is 3.83. The molecule has 4 rings (SSSR count). The predicted molar refractivity (Wildman–Crippen MR) is 86.7 cm³/mol. The molecule has 1 aliphatic heterocycles. The number of nitrogens with zero attached hydrogens (tertiary/aromatic N) is 5. The van der Waals surface area contributed by atoms with Crippen LogP contribution in [0.2, 0.25) is 0 Å². The lowest BCUT2D eigenvalue weighted by Crippen LogP contribution is -2.52. The molecule has 2 aliphatic rings. The standard InChI is InChI=1S/C16H20F2N6/c1-23-14(19)21-13(22-23)11-2-3-12(20-8-11)24-6-4-15(5-7-24)9-16(17,18)10-15/h2-3,8H,4-7,9-10H2,1H3,(H2,19,21,22). The minimum absolute atomic E-state index is 0.0486. The molecule has 24 heavy (non-hydrogen) atoms. The van der Waals surface area contributed by atoms with E-state index in [0.717, 1.165) is 37.3 Å². The summed E-state index contributed by atoms with van der Waals surface area (Å²) in [6.45, 7) is 1.55. The lowest BCUT2D eigenvalue weighted by molar-refractivity contribution is -0.168. The summed E-state index contributed by atoms with van der Waals surface area (Å²) in [7, 11) is 1.74. The van der Waals surface area contributed by atoms with Crippen LogP contribution in [0, 0.1) is 5.41 Å². The number of aryl methyl sites for hydroxylation is 1. The molecular formula is C16H20F2N6. The number of rotatable bonds is 2. The molecule has 2 fully saturated rings. The summed E-state index contributed by atoms with van der Waals surface area (Å²) in [5, 5.41) is 4.23. The van der Waals surface area contributed by atoms with Crippen LogP contribution in [-0.4, -0.2) is 38.8 Å². The Morgan fingerprint density at radius 3 is 2.38 bits per heavy atom. The number of hydrogen-bond donors (Lipinski definition) is 1. The third-order valence-electron chi connectivity index (χ3n) is 5.22. The molecule has 0 radical (unpaired) electrons. The van der Waals surface area contributed by atoms with E-state index in [1.165, 1.54) is 4.68 Å². The summed E-state index contributed by atoms with van der Waals surface area (Å²) >= 11 is 0. The van der Waals surface area contributed by atoms with Gasteiger partial charge in [0.15, 0.2) is 5.82 Å². The van der Waals surface area contributed by atoms with Crippen LogP contribution in [0.4, 0.5) is 20.5 Å². The molecule has 2 aromatic rings. The zero-order valence-electron chi connectivity index (χ0n) is 13.5. The monoisotopic (exact) mass is 334 g/mol. The van der Waals surface area contributed by atoms with Crippen LogP contribution in [0.3, 0.4) is 0 Å². The predicted octanol–water partition coefficient (Wildman–Crippen LogP) is 2.48. The van der Waals surface area contributed by atoms with Crippen molar-refractivity contribution in [3.8, 4) is 11.4 Å². The summed E-state index contributed by atoms with van der Waals surface area (Å²) in [6, 6.07) is 3.84. The third kappa shape index (κ3) is 2.59. The van der Waals surface area contributed by atoms with Crippen molar-refractivity contribution in [2.75, 3.05) is 23.7 Å². The Bertz CT molecular complexity index is 717. The van der Waals surface area contributed by atoms with Gasteiger partial charge in [-0.1, -0.05) is 0 Å². The third-order valence-corrected chi connectivity index (χ3v) is 5.22. The first-order chi connectivity index (χ1) is 11.4. The largest absolute Gasteiger partial charge is 0.368 e. The van der Waals surface area contributed by atoms with Gasteiger partial charge in [0.05, 0.1) is 0 Å². The Hall–Kier alpha value is -2.25. The van der Waals surface area contributed by atoms with Crippen LogP contribution in [0.15, 0.2) is 18.3 Å². The Kier molecular flexibility index (Phi) is 3.26. The van der Waals surface area contributed by atoms with Crippen molar-refractivity contribution >= 4 is 11.8 Å². The average Bonchev–Trinajstić information content (AvgIpc) is 2.86. The summed E-state index contributed by atoms with van der Waals surface area (Å²) in [5.41, 5.74) is 6.36. The molecule has 0 amide bonds. The fraction of sp³-hybridized carbons (Fsp3) is 0.562. The molecule has 6 nitrogen and oxygen atoms in total. The van der Waals surface area contributed by atoms with Gasteiger partial charge in [-0.2, -0.15) is 4.98 Å². The highest BCUT2D eigenvalue weighted by Crippen LogP contribution is 2.57. The second-order valence-corrected chi connectivity index (χ2v) is 7.02. The molecular weight excluding hydrogens is 314 g/mol. The summed E-state index contributed by atoms with van der Waals surface area (Å²) in [6.07, 6.45) is 3.45. The van der Waals surface area contributed by atoms with Crippen LogP contribution < -0.4 is 10.6 Å². The van der Waals surface area contributed by atoms with Crippen molar-refractivity contribution in [1.82, 2.24) is 19.7 Å². The van der Waals surface area contributed by atoms with Gasteiger partial charge in [-0.3, -0.25) is 0 Å². The van der Waals surface area contributed by atoms with E-state index in [9.17, 15) is 8.78 Å². The first kappa shape index (κ1) is 15.3. The first-order valence-corrected chi connectivity index (χ1v) is 8.12. The van der Waals surface area contributed by atoms with E-state index in [1.807, 2.05) is 12.1 Å². The van der Waals surface area contributed by atoms with Gasteiger partial charge in [0.1, 0.15) is 5.82 Å². The van der Waals surface area contributed by atoms with Gasteiger partial charge in [0.25, 0.3) is 0 Å². The van der Waals surface area contributed by atoms with E-state index < -0.39 is 5.92 Å². The van der Waals surface area contributed by atoms with Crippen molar-refractivity contribution in [3.05, 3.63) is 18.3 Å². The molecule has 0 aromatic carbocycles. The molecule has 0 atom stereocenters. The number of piperidine rings is 1. The highest BCUT2D eigenvalue weighted by atomic mass is 19.3. The number of nitrogen functional groups attached to an aromatic ring is 1. The number of alkyl halides is 2. The topological polar surface area (TPSA) is 72.9 Å². The molecule has 128 valence electrons. The zero-order chi connectivity index (χ0) is 16.9. The van der Waals surface area contributed by atoms with E-state index in [2.05, 4.69) is 20.0 Å². The molecule has 0 unspecified atom stereocenters. The molecule has 1 saturated carbocycles. The van der Waals surface area contributed by atoms with Crippen molar-refractivity contribution in [2.24, 2.45) is 12.5 Å². The van der Waals surface area contributed by atoms with Gasteiger partial charge in [0, 0.05) is 44.7 Å². The smallest absolute Gasteiger partial charge is 0.249 e. The van der Waals surface area contributed by atoms with Gasteiger partial charge in [-0.15, -0.1) is 5.10 Å². The van der Waals surface area contributed by atoms with Gasteiger partial charge >= 0.3 is 0 Å². The number of pyridine rings is 1. The van der Waals surface area contributed by atoms with E-state index in [1.54, 1.807) is 13.2 Å². The number of halogens is 2. The van der Waals surface area contributed by atoms with Gasteiger partial charge in [0.2, 0.25) is 11.9 Å². The van der Waals surface area contributed by atoms with Gasteiger partial charge in [-0.25, -0.2) is 18.4 Å². The first-order valence-electron chi connectivity index (χ1n) is 8.12. The molecule has 2 N–H and O–H groups in total. The van der Waals surface area contributed by atoms with E-state index in [0.29, 0.717) is 11.8 Å². The van der Waals surface area contributed by atoms with E-state index in [4.69, 9.17) is 5.73 Å². The zero-order valence-corrected chi connectivity index (χ0v) is 13.5. The normalized spacial score (nSPS) is 21.7. The lowest BCUT2D eigenvalue weighted by Gasteiger charge is -2.52. The van der Waals surface area contributed by atoms with E-state index in [-0.39, 0.29) is 18.3 Å². The van der Waals surface area contributed by atoms with Gasteiger partial charge < -0.3 is 10.6 Å². The van der Waals surface area contributed by atoms with Crippen molar-refractivity contribution in [3.63, 3.8) is 0 Å². The Balaban J connectivity index is 1.43. The number of aromatic nitrogens is 4. The minimum atomic E-state index is -2.44. The molecule has 3 heterocycles. The maximum Gasteiger partial charge on any atom is 0.249 e. The van der Waals surface area contributed by atoms with Crippen LogP contribution in [0.25, 0.3) is 11.4 Å². The second kappa shape index (κ2) is 5.12. The van der Waals surface area contributed by atoms with Crippen molar-refractivity contribution in [1.29, 1.82) is 0 Å². The van der Waals surface area contributed by atoms with Crippen LogP contribution in [0.1, 0.15) is 25.7 Å². The molecule has 1 spiro atoms. The lowest BCUT2D eigenvalue weighted by atomic mass is 9.61. The maximum absolute atomic E-state index is 13.2. The summed E-state index contributed by atoms with van der Waals surface area (Å²) < 4.78 is 27.9. The highest BCUT2D eigenvalue weighted by molar-refractivity contribution is 5.57. The maximum atomic E-state index is 13.2. The minimum Gasteiger partial charge on any atom is -0.368 e. The molecule has 1 aliphatic carbocycles. The Morgan fingerprint density at radius 1 is 1.17 bits per heavy atom. The summed E-state index contributed by atoms with van der Waals surface area (Å²) in [4.78, 5) is 10.8.